The van der Waals surface area contributed by atoms with Crippen LogP contribution in [0.3, 0.4) is 0 Å². The Hall–Kier alpha value is -2.07. The highest BCUT2D eigenvalue weighted by Gasteiger charge is 2.15. The van der Waals surface area contributed by atoms with Gasteiger partial charge in [0, 0.05) is 11.1 Å². The van der Waals surface area contributed by atoms with Crippen LogP contribution < -0.4 is 10.1 Å². The first kappa shape index (κ1) is 15.3. The summed E-state index contributed by atoms with van der Waals surface area (Å²) >= 11 is 0. The number of nitrogens with one attached hydrogen (secondary N) is 1. The molecule has 2 aromatic rings. The zero-order valence-corrected chi connectivity index (χ0v) is 12.6. The predicted octanol–water partition coefficient (Wildman–Crippen LogP) is 2.63. The maximum Gasteiger partial charge on any atom is 0.258 e. The molecule has 2 N–H and O–H groups in total. The van der Waals surface area contributed by atoms with Gasteiger partial charge in [-0.05, 0) is 37.6 Å². The summed E-state index contributed by atoms with van der Waals surface area (Å²) in [5.41, 5.74) is 0.417. The van der Waals surface area contributed by atoms with E-state index in [4.69, 9.17) is 4.74 Å². The van der Waals surface area contributed by atoms with Crippen LogP contribution in [0, 0.1) is 0 Å². The summed E-state index contributed by atoms with van der Waals surface area (Å²) in [5, 5.41) is 14.4. The number of carbonyl (C=O) groups is 1. The van der Waals surface area contributed by atoms with Crippen LogP contribution in [0.4, 0.5) is 0 Å². The molecule has 0 heterocycles. The van der Waals surface area contributed by atoms with Crippen molar-refractivity contribution in [3.05, 3.63) is 42.0 Å². The highest BCUT2D eigenvalue weighted by atomic mass is 16.5. The largest absolute Gasteiger partial charge is 0.483 e. The first-order chi connectivity index (χ1) is 9.90. The molecule has 0 aliphatic heterocycles. The monoisotopic (exact) mass is 287 g/mol. The average Bonchev–Trinajstić information content (AvgIpc) is 2.42. The van der Waals surface area contributed by atoms with Crippen LogP contribution in [-0.2, 0) is 11.4 Å². The van der Waals surface area contributed by atoms with E-state index < -0.39 is 0 Å². The molecule has 4 nitrogen and oxygen atoms in total. The molecule has 0 unspecified atom stereocenters. The lowest BCUT2D eigenvalue weighted by atomic mass is 10.0. The Morgan fingerprint density at radius 1 is 1.19 bits per heavy atom. The Balaban J connectivity index is 2.17. The molecule has 112 valence electrons. The first-order valence-electron chi connectivity index (χ1n) is 6.96. The summed E-state index contributed by atoms with van der Waals surface area (Å²) in [5.74, 6) is 0.361. The van der Waals surface area contributed by atoms with Crippen LogP contribution in [-0.4, -0.2) is 23.2 Å². The molecule has 4 heteroatoms. The Bertz CT molecular complexity index is 644. The van der Waals surface area contributed by atoms with Crippen molar-refractivity contribution in [2.24, 2.45) is 0 Å². The van der Waals surface area contributed by atoms with E-state index in [0.29, 0.717) is 11.3 Å². The van der Waals surface area contributed by atoms with Crippen molar-refractivity contribution in [1.29, 1.82) is 0 Å². The van der Waals surface area contributed by atoms with Crippen molar-refractivity contribution < 1.29 is 14.6 Å². The van der Waals surface area contributed by atoms with Crippen LogP contribution in [0.25, 0.3) is 10.8 Å². The summed E-state index contributed by atoms with van der Waals surface area (Å²) in [4.78, 5) is 11.8. The fourth-order valence-corrected chi connectivity index (χ4v) is 2.21. The minimum atomic E-state index is -0.288. The molecule has 0 aliphatic carbocycles. The predicted molar refractivity (Wildman–Crippen MR) is 83.3 cm³/mol. The van der Waals surface area contributed by atoms with Crippen molar-refractivity contribution in [3.63, 3.8) is 0 Å². The lowest BCUT2D eigenvalue weighted by molar-refractivity contribution is -0.124. The van der Waals surface area contributed by atoms with Crippen molar-refractivity contribution >= 4 is 16.7 Å². The van der Waals surface area contributed by atoms with Gasteiger partial charge in [-0.1, -0.05) is 30.3 Å². The third-order valence-electron chi connectivity index (χ3n) is 3.03. The highest BCUT2D eigenvalue weighted by molar-refractivity contribution is 5.88. The lowest BCUT2D eigenvalue weighted by Gasteiger charge is -2.21. The van der Waals surface area contributed by atoms with E-state index in [1.165, 1.54) is 0 Å². The van der Waals surface area contributed by atoms with E-state index in [0.717, 1.165) is 10.8 Å². The number of aliphatic hydroxyl groups excluding tert-OH is 1. The molecule has 0 spiro atoms. The maximum absolute atomic E-state index is 11.8. The molecule has 0 saturated carbocycles. The molecule has 2 rings (SSSR count). The Labute approximate surface area is 124 Å². The minimum Gasteiger partial charge on any atom is -0.483 e. The van der Waals surface area contributed by atoms with Gasteiger partial charge in [-0.25, -0.2) is 0 Å². The average molecular weight is 287 g/mol. The number of aliphatic hydroxyl groups is 1. The zero-order valence-electron chi connectivity index (χ0n) is 12.6. The van der Waals surface area contributed by atoms with Gasteiger partial charge in [-0.3, -0.25) is 4.79 Å². The second kappa shape index (κ2) is 6.14. The summed E-state index contributed by atoms with van der Waals surface area (Å²) in [6.45, 7) is 5.56. The molecule has 21 heavy (non-hydrogen) atoms. The number of rotatable bonds is 4. The highest BCUT2D eigenvalue weighted by Crippen LogP contribution is 2.28. The van der Waals surface area contributed by atoms with Crippen molar-refractivity contribution in [1.82, 2.24) is 5.32 Å². The number of benzene rings is 2. The smallest absolute Gasteiger partial charge is 0.258 e. The van der Waals surface area contributed by atoms with Crippen LogP contribution in [0.2, 0.25) is 0 Å². The molecule has 0 fully saturated rings. The topological polar surface area (TPSA) is 58.6 Å². The molecule has 0 aliphatic rings. The van der Waals surface area contributed by atoms with Gasteiger partial charge in [0.2, 0.25) is 0 Å². The lowest BCUT2D eigenvalue weighted by Crippen LogP contribution is -2.43. The molecule has 0 saturated heterocycles. The van der Waals surface area contributed by atoms with E-state index in [-0.39, 0.29) is 24.7 Å². The molecule has 2 aromatic carbocycles. The molecule has 0 aromatic heterocycles. The van der Waals surface area contributed by atoms with Crippen molar-refractivity contribution in [2.75, 3.05) is 6.61 Å². The molecule has 1 amide bonds. The van der Waals surface area contributed by atoms with Gasteiger partial charge in [0.1, 0.15) is 5.75 Å². The Morgan fingerprint density at radius 2 is 1.90 bits per heavy atom. The SMILES string of the molecule is CC(C)(C)NC(=O)COc1ccc2ccccc2c1CO. The number of fused-ring (bicyclic) bond motifs is 1. The summed E-state index contributed by atoms with van der Waals surface area (Å²) in [7, 11) is 0. The van der Waals surface area contributed by atoms with Crippen LogP contribution in [0.1, 0.15) is 26.3 Å². The molecule has 0 atom stereocenters. The van der Waals surface area contributed by atoms with Crippen LogP contribution in [0.15, 0.2) is 36.4 Å². The Morgan fingerprint density at radius 3 is 2.57 bits per heavy atom. The molecule has 0 radical (unpaired) electrons. The van der Waals surface area contributed by atoms with Gasteiger partial charge in [-0.15, -0.1) is 0 Å². The number of hydrogen-bond donors (Lipinski definition) is 2. The van der Waals surface area contributed by atoms with E-state index in [1.54, 1.807) is 6.07 Å². The second-order valence-corrected chi connectivity index (χ2v) is 6.01. The second-order valence-electron chi connectivity index (χ2n) is 6.01. The number of carbonyl (C=O) groups excluding carboxylic acids is 1. The van der Waals surface area contributed by atoms with E-state index in [2.05, 4.69) is 5.32 Å². The molecular formula is C17H21NO3. The standard InChI is InChI=1S/C17H21NO3/c1-17(2,3)18-16(20)11-21-15-9-8-12-6-4-5-7-13(12)14(15)10-19/h4-9,19H,10-11H2,1-3H3,(H,18,20). The summed E-state index contributed by atoms with van der Waals surface area (Å²) in [6, 6.07) is 11.5. The summed E-state index contributed by atoms with van der Waals surface area (Å²) in [6.07, 6.45) is 0. The van der Waals surface area contributed by atoms with E-state index >= 15 is 0 Å². The zero-order chi connectivity index (χ0) is 15.5. The molecular weight excluding hydrogens is 266 g/mol. The van der Waals surface area contributed by atoms with E-state index in [1.807, 2.05) is 51.1 Å². The maximum atomic E-state index is 11.8. The van der Waals surface area contributed by atoms with Gasteiger partial charge >= 0.3 is 0 Å². The van der Waals surface area contributed by atoms with Gasteiger partial charge in [-0.2, -0.15) is 0 Å². The fraction of sp³-hybridized carbons (Fsp3) is 0.353. The van der Waals surface area contributed by atoms with Crippen LogP contribution >= 0.6 is 0 Å². The third kappa shape index (κ3) is 3.95. The minimum absolute atomic E-state index is 0.0669. The number of hydrogen-bond acceptors (Lipinski definition) is 3. The number of amides is 1. The fourth-order valence-electron chi connectivity index (χ4n) is 2.21. The third-order valence-corrected chi connectivity index (χ3v) is 3.03. The van der Waals surface area contributed by atoms with Gasteiger partial charge in [0.05, 0.1) is 6.61 Å². The van der Waals surface area contributed by atoms with Crippen LogP contribution in [0.5, 0.6) is 5.75 Å². The summed E-state index contributed by atoms with van der Waals surface area (Å²) < 4.78 is 5.57. The normalized spacial score (nSPS) is 11.4. The quantitative estimate of drug-likeness (QED) is 0.909. The Kier molecular flexibility index (Phi) is 4.48. The van der Waals surface area contributed by atoms with Crippen molar-refractivity contribution in [3.8, 4) is 5.75 Å². The first-order valence-corrected chi connectivity index (χ1v) is 6.96. The van der Waals surface area contributed by atoms with Gasteiger partial charge in [0.15, 0.2) is 6.61 Å². The van der Waals surface area contributed by atoms with Gasteiger partial charge in [0.25, 0.3) is 5.91 Å². The van der Waals surface area contributed by atoms with Gasteiger partial charge < -0.3 is 15.2 Å². The molecule has 0 bridgehead atoms. The van der Waals surface area contributed by atoms with Crippen molar-refractivity contribution in [2.45, 2.75) is 32.9 Å². The van der Waals surface area contributed by atoms with E-state index in [9.17, 15) is 9.90 Å². The number of ether oxygens (including phenoxy) is 1.